The molecule has 8 nitrogen and oxygen atoms in total. The number of hydrogen-bond donors (Lipinski definition) is 2. The predicted molar refractivity (Wildman–Crippen MR) is 109 cm³/mol. The molecule has 10 heteroatoms. The number of carbonyl (C=O) groups excluding carboxylic acids is 1. The number of carbonyl (C=O) groups is 1. The Morgan fingerprint density at radius 3 is 2.93 bits per heavy atom. The van der Waals surface area contributed by atoms with E-state index in [2.05, 4.69) is 15.0 Å². The predicted octanol–water partition coefficient (Wildman–Crippen LogP) is 2.84. The van der Waals surface area contributed by atoms with Crippen molar-refractivity contribution < 1.29 is 22.7 Å². The van der Waals surface area contributed by atoms with Crippen molar-refractivity contribution in [1.29, 1.82) is 0 Å². The highest BCUT2D eigenvalue weighted by Crippen LogP contribution is 2.25. The number of anilines is 1. The van der Waals surface area contributed by atoms with Gasteiger partial charge in [-0.05, 0) is 50.1 Å². The van der Waals surface area contributed by atoms with E-state index in [1.54, 1.807) is 25.3 Å². The average molecular weight is 440 g/mol. The fourth-order valence-corrected chi connectivity index (χ4v) is 4.46. The highest BCUT2D eigenvalue weighted by Gasteiger charge is 2.23. The zero-order chi connectivity index (χ0) is 20.9. The molecule has 0 spiro atoms. The number of rotatable bonds is 8. The van der Waals surface area contributed by atoms with E-state index in [-0.39, 0.29) is 34.0 Å². The van der Waals surface area contributed by atoms with Crippen LogP contribution in [-0.4, -0.2) is 45.2 Å². The number of hydrogen-bond acceptors (Lipinski definition) is 6. The highest BCUT2D eigenvalue weighted by atomic mass is 35.5. The van der Waals surface area contributed by atoms with Crippen molar-refractivity contribution >= 4 is 33.2 Å². The van der Waals surface area contributed by atoms with Gasteiger partial charge in [-0.15, -0.1) is 0 Å². The van der Waals surface area contributed by atoms with Crippen LogP contribution in [0.2, 0.25) is 5.02 Å². The highest BCUT2D eigenvalue weighted by molar-refractivity contribution is 7.89. The second kappa shape index (κ2) is 9.53. The molecule has 1 unspecified atom stereocenters. The lowest BCUT2D eigenvalue weighted by Gasteiger charge is -2.14. The van der Waals surface area contributed by atoms with Crippen molar-refractivity contribution in [1.82, 2.24) is 9.71 Å². The zero-order valence-corrected chi connectivity index (χ0v) is 17.4. The minimum Gasteiger partial charge on any atom is -0.476 e. The van der Waals surface area contributed by atoms with Crippen molar-refractivity contribution in [3.63, 3.8) is 0 Å². The Balaban J connectivity index is 1.78. The molecular formula is C19H22ClN3O5S. The molecule has 1 atom stereocenters. The van der Waals surface area contributed by atoms with Crippen molar-refractivity contribution in [2.24, 2.45) is 0 Å². The smallest absolute Gasteiger partial charge is 0.255 e. The monoisotopic (exact) mass is 439 g/mol. The van der Waals surface area contributed by atoms with Crippen molar-refractivity contribution in [2.45, 2.75) is 30.8 Å². The molecule has 1 aromatic carbocycles. The molecular weight excluding hydrogens is 418 g/mol. The molecule has 1 aliphatic heterocycles. The molecule has 1 fully saturated rings. The SMILES string of the molecule is CCOc1ncccc1NC(=O)c1ccc(Cl)c(S(=O)(=O)NCC2CCCO2)c1. The number of amides is 1. The molecule has 1 saturated heterocycles. The van der Waals surface area contributed by atoms with Crippen LogP contribution in [0.1, 0.15) is 30.1 Å². The maximum Gasteiger partial charge on any atom is 0.255 e. The van der Waals surface area contributed by atoms with Crippen LogP contribution in [0.25, 0.3) is 0 Å². The molecule has 2 N–H and O–H groups in total. The minimum atomic E-state index is -3.90. The van der Waals surface area contributed by atoms with E-state index in [0.717, 1.165) is 12.8 Å². The van der Waals surface area contributed by atoms with E-state index in [4.69, 9.17) is 21.1 Å². The van der Waals surface area contributed by atoms with Gasteiger partial charge < -0.3 is 14.8 Å². The molecule has 1 aromatic heterocycles. The fraction of sp³-hybridized carbons (Fsp3) is 0.368. The lowest BCUT2D eigenvalue weighted by Crippen LogP contribution is -2.32. The van der Waals surface area contributed by atoms with Crippen LogP contribution in [0.15, 0.2) is 41.4 Å². The molecule has 0 aliphatic carbocycles. The number of pyridine rings is 1. The van der Waals surface area contributed by atoms with Crippen LogP contribution in [-0.2, 0) is 14.8 Å². The van der Waals surface area contributed by atoms with Gasteiger partial charge in [0, 0.05) is 24.9 Å². The quantitative estimate of drug-likeness (QED) is 0.655. The Bertz CT molecular complexity index is 978. The summed E-state index contributed by atoms with van der Waals surface area (Å²) in [6.07, 6.45) is 3.10. The first-order valence-electron chi connectivity index (χ1n) is 9.20. The number of nitrogens with one attached hydrogen (secondary N) is 2. The average Bonchev–Trinajstić information content (AvgIpc) is 3.22. The van der Waals surface area contributed by atoms with Gasteiger partial charge in [0.1, 0.15) is 10.6 Å². The second-order valence-corrected chi connectivity index (χ2v) is 8.52. The standard InChI is InChI=1S/C19H22ClN3O5S/c1-2-27-19-16(6-3-9-21-19)23-18(24)13-7-8-15(20)17(11-13)29(25,26)22-12-14-5-4-10-28-14/h3,6-9,11,14,22H,2,4-5,10,12H2,1H3,(H,23,24). The third-order valence-electron chi connectivity index (χ3n) is 4.31. The molecule has 2 heterocycles. The summed E-state index contributed by atoms with van der Waals surface area (Å²) in [7, 11) is -3.90. The van der Waals surface area contributed by atoms with Gasteiger partial charge in [-0.3, -0.25) is 4.79 Å². The minimum absolute atomic E-state index is 0.0257. The van der Waals surface area contributed by atoms with Gasteiger partial charge in [-0.1, -0.05) is 11.6 Å². The first-order chi connectivity index (χ1) is 13.9. The van der Waals surface area contributed by atoms with E-state index in [1.807, 2.05) is 0 Å². The summed E-state index contributed by atoms with van der Waals surface area (Å²) in [6, 6.07) is 7.38. The Kier molecular flexibility index (Phi) is 7.07. The summed E-state index contributed by atoms with van der Waals surface area (Å²) < 4.78 is 38.7. The summed E-state index contributed by atoms with van der Waals surface area (Å²) in [5.41, 5.74) is 0.522. The summed E-state index contributed by atoms with van der Waals surface area (Å²) in [6.45, 7) is 2.98. The van der Waals surface area contributed by atoms with E-state index >= 15 is 0 Å². The van der Waals surface area contributed by atoms with Gasteiger partial charge in [-0.25, -0.2) is 18.1 Å². The van der Waals surface area contributed by atoms with Gasteiger partial charge in [0.25, 0.3) is 5.91 Å². The maximum absolute atomic E-state index is 12.7. The third-order valence-corrected chi connectivity index (χ3v) is 6.21. The zero-order valence-electron chi connectivity index (χ0n) is 15.9. The van der Waals surface area contributed by atoms with Gasteiger partial charge >= 0.3 is 0 Å². The van der Waals surface area contributed by atoms with E-state index < -0.39 is 15.9 Å². The normalized spacial score (nSPS) is 16.6. The number of sulfonamides is 1. The van der Waals surface area contributed by atoms with Crippen LogP contribution in [0.5, 0.6) is 5.88 Å². The molecule has 156 valence electrons. The largest absolute Gasteiger partial charge is 0.476 e. The van der Waals surface area contributed by atoms with Crippen molar-refractivity contribution in [3.05, 3.63) is 47.1 Å². The van der Waals surface area contributed by atoms with Crippen LogP contribution in [0.4, 0.5) is 5.69 Å². The van der Waals surface area contributed by atoms with Gasteiger partial charge in [0.05, 0.1) is 17.7 Å². The number of aromatic nitrogens is 1. The number of nitrogens with zero attached hydrogens (tertiary/aromatic N) is 1. The molecule has 2 aromatic rings. The van der Waals surface area contributed by atoms with E-state index in [9.17, 15) is 13.2 Å². The van der Waals surface area contributed by atoms with Crippen molar-refractivity contribution in [2.75, 3.05) is 25.1 Å². The van der Waals surface area contributed by atoms with Crippen LogP contribution < -0.4 is 14.8 Å². The molecule has 29 heavy (non-hydrogen) atoms. The Hall–Kier alpha value is -2.20. The van der Waals surface area contributed by atoms with Gasteiger partial charge in [0.15, 0.2) is 0 Å². The molecule has 0 radical (unpaired) electrons. The van der Waals surface area contributed by atoms with Crippen LogP contribution in [0.3, 0.4) is 0 Å². The van der Waals surface area contributed by atoms with Crippen LogP contribution >= 0.6 is 11.6 Å². The topological polar surface area (TPSA) is 107 Å². The Morgan fingerprint density at radius 2 is 2.21 bits per heavy atom. The first-order valence-corrected chi connectivity index (χ1v) is 11.1. The molecule has 0 saturated carbocycles. The molecule has 1 amide bonds. The molecule has 3 rings (SSSR count). The summed E-state index contributed by atoms with van der Waals surface area (Å²) >= 11 is 6.10. The Labute approximate surface area is 174 Å². The lowest BCUT2D eigenvalue weighted by atomic mass is 10.2. The number of halogens is 1. The van der Waals surface area contributed by atoms with Gasteiger partial charge in [-0.2, -0.15) is 0 Å². The Morgan fingerprint density at radius 1 is 1.38 bits per heavy atom. The third kappa shape index (κ3) is 5.45. The van der Waals surface area contributed by atoms with Crippen molar-refractivity contribution in [3.8, 4) is 5.88 Å². The van der Waals surface area contributed by atoms with E-state index in [1.165, 1.54) is 18.2 Å². The summed E-state index contributed by atoms with van der Waals surface area (Å²) in [4.78, 5) is 16.6. The maximum atomic E-state index is 12.7. The molecule has 0 bridgehead atoms. The number of ether oxygens (including phenoxy) is 2. The second-order valence-electron chi connectivity index (χ2n) is 6.38. The summed E-state index contributed by atoms with van der Waals surface area (Å²) in [5, 5.41) is 2.71. The van der Waals surface area contributed by atoms with E-state index in [0.29, 0.717) is 18.9 Å². The fourth-order valence-electron chi connectivity index (χ4n) is 2.87. The first kappa shape index (κ1) is 21.5. The van der Waals surface area contributed by atoms with Crippen LogP contribution in [0, 0.1) is 0 Å². The van der Waals surface area contributed by atoms with Gasteiger partial charge in [0.2, 0.25) is 15.9 Å². The lowest BCUT2D eigenvalue weighted by molar-refractivity contribution is 0.102. The summed E-state index contributed by atoms with van der Waals surface area (Å²) in [5.74, 6) is -0.227. The number of benzene rings is 1. The molecule has 1 aliphatic rings.